The Labute approximate surface area is 126 Å². The SMILES string of the molecule is CCNCc1cccc2c1ccn2CC(=O)NC(C)CC. The van der Waals surface area contributed by atoms with E-state index in [1.807, 2.05) is 17.7 Å². The summed E-state index contributed by atoms with van der Waals surface area (Å²) in [6.45, 7) is 8.39. The van der Waals surface area contributed by atoms with Crippen molar-refractivity contribution in [1.29, 1.82) is 0 Å². The monoisotopic (exact) mass is 287 g/mol. The molecule has 0 bridgehead atoms. The minimum atomic E-state index is 0.0685. The smallest absolute Gasteiger partial charge is 0.240 e. The molecule has 2 N–H and O–H groups in total. The molecule has 1 atom stereocenters. The fourth-order valence-electron chi connectivity index (χ4n) is 2.42. The Hall–Kier alpha value is -1.81. The quantitative estimate of drug-likeness (QED) is 0.822. The van der Waals surface area contributed by atoms with Gasteiger partial charge < -0.3 is 15.2 Å². The first-order valence-electron chi connectivity index (χ1n) is 7.72. The first-order chi connectivity index (χ1) is 10.2. The molecule has 0 fully saturated rings. The molecule has 1 aromatic heterocycles. The number of amides is 1. The molecule has 0 aliphatic carbocycles. The number of fused-ring (bicyclic) bond motifs is 1. The van der Waals surface area contributed by atoms with Gasteiger partial charge >= 0.3 is 0 Å². The highest BCUT2D eigenvalue weighted by molar-refractivity contribution is 5.86. The fourth-order valence-corrected chi connectivity index (χ4v) is 2.42. The number of benzene rings is 1. The number of carbonyl (C=O) groups is 1. The number of carbonyl (C=O) groups excluding carboxylic acids is 1. The van der Waals surface area contributed by atoms with E-state index in [2.05, 4.69) is 48.7 Å². The fraction of sp³-hybridized carbons (Fsp3) is 0.471. The van der Waals surface area contributed by atoms with Gasteiger partial charge in [-0.05, 0) is 37.6 Å². The van der Waals surface area contributed by atoms with Gasteiger partial charge in [0.25, 0.3) is 0 Å². The van der Waals surface area contributed by atoms with Crippen LogP contribution in [0.5, 0.6) is 0 Å². The number of hydrogen-bond acceptors (Lipinski definition) is 2. The summed E-state index contributed by atoms with van der Waals surface area (Å²) in [7, 11) is 0. The molecule has 0 saturated carbocycles. The van der Waals surface area contributed by atoms with Gasteiger partial charge in [0.15, 0.2) is 0 Å². The molecule has 0 spiro atoms. The van der Waals surface area contributed by atoms with Crippen LogP contribution in [0, 0.1) is 0 Å². The first kappa shape index (κ1) is 15.6. The van der Waals surface area contributed by atoms with E-state index in [4.69, 9.17) is 0 Å². The number of aromatic nitrogens is 1. The lowest BCUT2D eigenvalue weighted by Crippen LogP contribution is -2.34. The molecule has 1 amide bonds. The van der Waals surface area contributed by atoms with Gasteiger partial charge in [-0.3, -0.25) is 4.79 Å². The van der Waals surface area contributed by atoms with Gasteiger partial charge in [-0.2, -0.15) is 0 Å². The average Bonchev–Trinajstić information content (AvgIpc) is 2.88. The van der Waals surface area contributed by atoms with Crippen LogP contribution in [-0.4, -0.2) is 23.1 Å². The summed E-state index contributed by atoms with van der Waals surface area (Å²) in [4.78, 5) is 12.0. The van der Waals surface area contributed by atoms with E-state index < -0.39 is 0 Å². The maximum absolute atomic E-state index is 12.0. The highest BCUT2D eigenvalue weighted by atomic mass is 16.2. The Morgan fingerprint density at radius 1 is 1.29 bits per heavy atom. The summed E-state index contributed by atoms with van der Waals surface area (Å²) in [5, 5.41) is 7.58. The minimum Gasteiger partial charge on any atom is -0.352 e. The molecule has 1 aromatic carbocycles. The van der Waals surface area contributed by atoms with Gasteiger partial charge in [-0.15, -0.1) is 0 Å². The molecule has 0 saturated heterocycles. The van der Waals surface area contributed by atoms with Crippen LogP contribution in [0.4, 0.5) is 0 Å². The number of nitrogens with one attached hydrogen (secondary N) is 2. The average molecular weight is 287 g/mol. The van der Waals surface area contributed by atoms with E-state index in [-0.39, 0.29) is 11.9 Å². The summed E-state index contributed by atoms with van der Waals surface area (Å²) >= 11 is 0. The number of nitrogens with zero attached hydrogens (tertiary/aromatic N) is 1. The van der Waals surface area contributed by atoms with Gasteiger partial charge in [-0.1, -0.05) is 26.0 Å². The standard InChI is InChI=1S/C17H25N3O/c1-4-13(3)19-17(21)12-20-10-9-15-14(11-18-5-2)7-6-8-16(15)20/h6-10,13,18H,4-5,11-12H2,1-3H3,(H,19,21). The first-order valence-corrected chi connectivity index (χ1v) is 7.72. The molecule has 1 unspecified atom stereocenters. The molecule has 1 heterocycles. The minimum absolute atomic E-state index is 0.0685. The van der Waals surface area contributed by atoms with E-state index in [1.54, 1.807) is 0 Å². The summed E-state index contributed by atoms with van der Waals surface area (Å²) in [5.41, 5.74) is 2.39. The predicted octanol–water partition coefficient (Wildman–Crippen LogP) is 2.67. The van der Waals surface area contributed by atoms with E-state index in [1.165, 1.54) is 10.9 Å². The van der Waals surface area contributed by atoms with Gasteiger partial charge in [0.2, 0.25) is 5.91 Å². The van der Waals surface area contributed by atoms with Crippen molar-refractivity contribution in [3.8, 4) is 0 Å². The van der Waals surface area contributed by atoms with Crippen molar-refractivity contribution >= 4 is 16.8 Å². The van der Waals surface area contributed by atoms with Gasteiger partial charge in [0.05, 0.1) is 0 Å². The maximum atomic E-state index is 12.0. The van der Waals surface area contributed by atoms with Crippen molar-refractivity contribution < 1.29 is 4.79 Å². The molecule has 0 aliphatic heterocycles. The second-order valence-corrected chi connectivity index (χ2v) is 5.45. The third kappa shape index (κ3) is 3.85. The molecule has 114 valence electrons. The lowest BCUT2D eigenvalue weighted by Gasteiger charge is -2.12. The van der Waals surface area contributed by atoms with E-state index in [0.717, 1.165) is 25.0 Å². The zero-order valence-corrected chi connectivity index (χ0v) is 13.1. The molecule has 2 rings (SSSR count). The van der Waals surface area contributed by atoms with Crippen LogP contribution < -0.4 is 10.6 Å². The third-order valence-electron chi connectivity index (χ3n) is 3.80. The lowest BCUT2D eigenvalue weighted by atomic mass is 10.1. The Balaban J connectivity index is 2.16. The molecule has 0 radical (unpaired) electrons. The van der Waals surface area contributed by atoms with Crippen LogP contribution in [-0.2, 0) is 17.9 Å². The largest absolute Gasteiger partial charge is 0.352 e. The zero-order valence-electron chi connectivity index (χ0n) is 13.1. The Bertz CT molecular complexity index is 603. The summed E-state index contributed by atoms with van der Waals surface area (Å²) in [6, 6.07) is 8.58. The van der Waals surface area contributed by atoms with Crippen LogP contribution in [0.1, 0.15) is 32.8 Å². The predicted molar refractivity (Wildman–Crippen MR) is 87.2 cm³/mol. The van der Waals surface area contributed by atoms with Crippen molar-refractivity contribution in [2.45, 2.75) is 46.3 Å². The van der Waals surface area contributed by atoms with Crippen LogP contribution >= 0.6 is 0 Å². The molecular formula is C17H25N3O. The second-order valence-electron chi connectivity index (χ2n) is 5.45. The third-order valence-corrected chi connectivity index (χ3v) is 3.80. The highest BCUT2D eigenvalue weighted by Crippen LogP contribution is 2.20. The van der Waals surface area contributed by atoms with Crippen LogP contribution in [0.3, 0.4) is 0 Å². The summed E-state index contributed by atoms with van der Waals surface area (Å²) in [6.07, 6.45) is 2.95. The highest BCUT2D eigenvalue weighted by Gasteiger charge is 2.10. The Morgan fingerprint density at radius 3 is 2.81 bits per heavy atom. The number of rotatable bonds is 7. The normalized spacial score (nSPS) is 12.5. The molecule has 4 nitrogen and oxygen atoms in total. The molecule has 2 aromatic rings. The van der Waals surface area contributed by atoms with Crippen molar-refractivity contribution in [2.24, 2.45) is 0 Å². The Kier molecular flexibility index (Phi) is 5.39. The van der Waals surface area contributed by atoms with Gasteiger partial charge in [-0.25, -0.2) is 0 Å². The van der Waals surface area contributed by atoms with Crippen molar-refractivity contribution in [3.05, 3.63) is 36.0 Å². The van der Waals surface area contributed by atoms with E-state index >= 15 is 0 Å². The lowest BCUT2D eigenvalue weighted by molar-refractivity contribution is -0.122. The molecule has 4 heteroatoms. The molecule has 21 heavy (non-hydrogen) atoms. The van der Waals surface area contributed by atoms with Crippen molar-refractivity contribution in [2.75, 3.05) is 6.54 Å². The van der Waals surface area contributed by atoms with E-state index in [0.29, 0.717) is 6.54 Å². The zero-order chi connectivity index (χ0) is 15.2. The van der Waals surface area contributed by atoms with Crippen molar-refractivity contribution in [3.63, 3.8) is 0 Å². The van der Waals surface area contributed by atoms with Gasteiger partial charge in [0.1, 0.15) is 6.54 Å². The van der Waals surface area contributed by atoms with Gasteiger partial charge in [0, 0.05) is 29.7 Å². The second kappa shape index (κ2) is 7.27. The molecule has 0 aliphatic rings. The van der Waals surface area contributed by atoms with E-state index in [9.17, 15) is 4.79 Å². The summed E-state index contributed by atoms with van der Waals surface area (Å²) in [5.74, 6) is 0.0685. The topological polar surface area (TPSA) is 46.1 Å². The maximum Gasteiger partial charge on any atom is 0.240 e. The number of hydrogen-bond donors (Lipinski definition) is 2. The molecular weight excluding hydrogens is 262 g/mol. The van der Waals surface area contributed by atoms with Crippen LogP contribution in [0.25, 0.3) is 10.9 Å². The van der Waals surface area contributed by atoms with Crippen LogP contribution in [0.2, 0.25) is 0 Å². The van der Waals surface area contributed by atoms with Crippen LogP contribution in [0.15, 0.2) is 30.5 Å². The van der Waals surface area contributed by atoms with Crippen molar-refractivity contribution in [1.82, 2.24) is 15.2 Å². The Morgan fingerprint density at radius 2 is 2.10 bits per heavy atom. The summed E-state index contributed by atoms with van der Waals surface area (Å²) < 4.78 is 2.02.